The fraction of sp³-hybridized carbons (Fsp3) is 0.550. The summed E-state index contributed by atoms with van der Waals surface area (Å²) in [6.07, 6.45) is 17.1. The number of allylic oxidation sites excluding steroid dienone is 5. The number of ketones is 1. The number of terminal acetylenes is 1. The monoisotopic (exact) mass is 294 g/mol. The third kappa shape index (κ3) is 1.64. The van der Waals surface area contributed by atoms with Gasteiger partial charge in [-0.15, -0.1) is 6.42 Å². The number of hydrogen-bond acceptors (Lipinski definition) is 2. The Morgan fingerprint density at radius 1 is 1.32 bits per heavy atom. The van der Waals surface area contributed by atoms with E-state index in [0.29, 0.717) is 24.7 Å². The lowest BCUT2D eigenvalue weighted by Gasteiger charge is -2.46. The summed E-state index contributed by atoms with van der Waals surface area (Å²) in [5.41, 5.74) is 2.73. The van der Waals surface area contributed by atoms with Crippen molar-refractivity contribution in [2.24, 2.45) is 17.3 Å². The molecule has 22 heavy (non-hydrogen) atoms. The average Bonchev–Trinajstić information content (AvgIpc) is 2.79. The molecule has 0 heterocycles. The highest BCUT2D eigenvalue weighted by Crippen LogP contribution is 2.60. The van der Waals surface area contributed by atoms with Crippen molar-refractivity contribution in [2.75, 3.05) is 0 Å². The molecular formula is C20H22O2. The predicted molar refractivity (Wildman–Crippen MR) is 85.8 cm³/mol. The highest BCUT2D eigenvalue weighted by Gasteiger charge is 2.58. The van der Waals surface area contributed by atoms with Crippen LogP contribution in [0.5, 0.6) is 0 Å². The highest BCUT2D eigenvalue weighted by atomic mass is 16.3. The Bertz CT molecular complexity index is 687. The summed E-state index contributed by atoms with van der Waals surface area (Å²) < 4.78 is 0. The zero-order valence-electron chi connectivity index (χ0n) is 13.1. The number of carbonyl (C=O) groups is 1. The second-order valence-electron chi connectivity index (χ2n) is 7.48. The standard InChI is InChI=1S/C20H22O2/c1-3-20(22)11-9-18-17-6-4-13-12-14(21)5-7-15(13)16(17)8-10-19(18,20)2/h1,8,10,12,17-18,22H,4-7,9,11H2,2H3/t17-,18-,19+,20+/m1/s1. The van der Waals surface area contributed by atoms with E-state index in [9.17, 15) is 9.90 Å². The van der Waals surface area contributed by atoms with Crippen LogP contribution >= 0.6 is 0 Å². The maximum Gasteiger partial charge on any atom is 0.156 e. The van der Waals surface area contributed by atoms with Gasteiger partial charge in [0.25, 0.3) is 0 Å². The van der Waals surface area contributed by atoms with E-state index >= 15 is 0 Å². The van der Waals surface area contributed by atoms with Crippen LogP contribution < -0.4 is 0 Å². The third-order valence-electron chi connectivity index (χ3n) is 6.63. The van der Waals surface area contributed by atoms with Crippen molar-refractivity contribution in [2.45, 2.75) is 51.0 Å². The van der Waals surface area contributed by atoms with Gasteiger partial charge in [0, 0.05) is 11.8 Å². The first-order valence-corrected chi connectivity index (χ1v) is 8.35. The van der Waals surface area contributed by atoms with Crippen molar-refractivity contribution in [3.8, 4) is 12.3 Å². The number of hydrogen-bond donors (Lipinski definition) is 1. The van der Waals surface area contributed by atoms with E-state index in [2.05, 4.69) is 25.0 Å². The zero-order chi connectivity index (χ0) is 15.5. The molecule has 4 atom stereocenters. The first kappa shape index (κ1) is 14.0. The van der Waals surface area contributed by atoms with Gasteiger partial charge >= 0.3 is 0 Å². The normalized spacial score (nSPS) is 43.1. The topological polar surface area (TPSA) is 37.3 Å². The molecule has 0 unspecified atom stereocenters. The lowest BCUT2D eigenvalue weighted by Crippen LogP contribution is -2.46. The van der Waals surface area contributed by atoms with Crippen molar-refractivity contribution in [1.29, 1.82) is 0 Å². The second kappa shape index (κ2) is 4.46. The number of fused-ring (bicyclic) bond motifs is 4. The molecule has 1 saturated carbocycles. The maximum absolute atomic E-state index is 11.7. The minimum absolute atomic E-state index is 0.269. The minimum Gasteiger partial charge on any atom is -0.377 e. The van der Waals surface area contributed by atoms with E-state index in [-0.39, 0.29) is 11.2 Å². The smallest absolute Gasteiger partial charge is 0.156 e. The average molecular weight is 294 g/mol. The van der Waals surface area contributed by atoms with E-state index in [1.165, 1.54) is 16.7 Å². The van der Waals surface area contributed by atoms with Crippen LogP contribution in [0.4, 0.5) is 0 Å². The summed E-state index contributed by atoms with van der Waals surface area (Å²) in [6.45, 7) is 2.12. The number of carbonyl (C=O) groups excluding carboxylic acids is 1. The van der Waals surface area contributed by atoms with Crippen LogP contribution in [0, 0.1) is 29.6 Å². The fourth-order valence-electron chi connectivity index (χ4n) is 5.26. The highest BCUT2D eigenvalue weighted by molar-refractivity contribution is 5.93. The number of aliphatic hydroxyl groups is 1. The molecule has 0 radical (unpaired) electrons. The molecular weight excluding hydrogens is 272 g/mol. The van der Waals surface area contributed by atoms with Gasteiger partial charge in [-0.25, -0.2) is 0 Å². The van der Waals surface area contributed by atoms with Crippen LogP contribution in [0.1, 0.15) is 45.4 Å². The molecule has 1 fully saturated rings. The molecule has 0 spiro atoms. The fourth-order valence-corrected chi connectivity index (χ4v) is 5.26. The maximum atomic E-state index is 11.7. The molecule has 1 N–H and O–H groups in total. The lowest BCUT2D eigenvalue weighted by molar-refractivity contribution is -0.114. The molecule has 114 valence electrons. The van der Waals surface area contributed by atoms with E-state index in [1.807, 2.05) is 6.08 Å². The van der Waals surface area contributed by atoms with Crippen LogP contribution in [0.2, 0.25) is 0 Å². The first-order chi connectivity index (χ1) is 10.5. The van der Waals surface area contributed by atoms with Gasteiger partial charge in [0.15, 0.2) is 5.78 Å². The summed E-state index contributed by atoms with van der Waals surface area (Å²) in [4.78, 5) is 11.7. The molecule has 2 nitrogen and oxygen atoms in total. The lowest BCUT2D eigenvalue weighted by atomic mass is 9.58. The van der Waals surface area contributed by atoms with Gasteiger partial charge < -0.3 is 5.11 Å². The predicted octanol–water partition coefficient (Wildman–Crippen LogP) is 3.33. The molecule has 0 aromatic carbocycles. The Morgan fingerprint density at radius 2 is 2.14 bits per heavy atom. The zero-order valence-corrected chi connectivity index (χ0v) is 13.1. The largest absolute Gasteiger partial charge is 0.377 e. The van der Waals surface area contributed by atoms with E-state index in [1.54, 1.807) is 0 Å². The van der Waals surface area contributed by atoms with Crippen LogP contribution in [-0.2, 0) is 4.79 Å². The summed E-state index contributed by atoms with van der Waals surface area (Å²) in [5.74, 6) is 3.84. The molecule has 0 aromatic rings. The van der Waals surface area contributed by atoms with Gasteiger partial charge in [-0.05, 0) is 66.7 Å². The Kier molecular flexibility index (Phi) is 2.84. The summed E-state index contributed by atoms with van der Waals surface area (Å²) in [7, 11) is 0. The molecule has 0 amide bonds. The van der Waals surface area contributed by atoms with Crippen molar-refractivity contribution in [3.05, 3.63) is 34.9 Å². The van der Waals surface area contributed by atoms with Crippen LogP contribution in [0.15, 0.2) is 34.9 Å². The van der Waals surface area contributed by atoms with Crippen molar-refractivity contribution in [3.63, 3.8) is 0 Å². The Hall–Kier alpha value is -1.59. The van der Waals surface area contributed by atoms with Gasteiger partial charge in [-0.2, -0.15) is 0 Å². The van der Waals surface area contributed by atoms with Crippen LogP contribution in [0.25, 0.3) is 0 Å². The van der Waals surface area contributed by atoms with Gasteiger partial charge in [-0.1, -0.05) is 25.0 Å². The molecule has 4 aliphatic rings. The van der Waals surface area contributed by atoms with Crippen LogP contribution in [0.3, 0.4) is 0 Å². The van der Waals surface area contributed by atoms with Gasteiger partial charge in [0.1, 0.15) is 5.60 Å². The van der Waals surface area contributed by atoms with Crippen molar-refractivity contribution >= 4 is 5.78 Å². The summed E-state index contributed by atoms with van der Waals surface area (Å²) in [5, 5.41) is 10.9. The van der Waals surface area contributed by atoms with Gasteiger partial charge in [0.05, 0.1) is 0 Å². The molecule has 0 aromatic heterocycles. The first-order valence-electron chi connectivity index (χ1n) is 8.35. The van der Waals surface area contributed by atoms with Crippen molar-refractivity contribution < 1.29 is 9.90 Å². The molecule has 2 heteroatoms. The summed E-state index contributed by atoms with van der Waals surface area (Å²) in [6, 6.07) is 0. The number of rotatable bonds is 0. The van der Waals surface area contributed by atoms with Gasteiger partial charge in [0.2, 0.25) is 0 Å². The Balaban J connectivity index is 1.83. The van der Waals surface area contributed by atoms with Gasteiger partial charge in [-0.3, -0.25) is 4.79 Å². The molecule has 0 bridgehead atoms. The molecule has 0 saturated heterocycles. The second-order valence-corrected chi connectivity index (χ2v) is 7.48. The van der Waals surface area contributed by atoms with Crippen LogP contribution in [-0.4, -0.2) is 16.5 Å². The molecule has 4 rings (SSSR count). The Morgan fingerprint density at radius 3 is 2.91 bits per heavy atom. The van der Waals surface area contributed by atoms with E-state index in [4.69, 9.17) is 6.42 Å². The van der Waals surface area contributed by atoms with E-state index < -0.39 is 5.60 Å². The molecule has 4 aliphatic carbocycles. The van der Waals surface area contributed by atoms with E-state index in [0.717, 1.165) is 25.7 Å². The Labute approximate surface area is 132 Å². The minimum atomic E-state index is -1.01. The SMILES string of the molecule is C#C[C@]1(O)CC[C@@H]2[C@@H]3CCC4=CC(=O)CCC4=C3C=C[C@@]21C. The summed E-state index contributed by atoms with van der Waals surface area (Å²) >= 11 is 0. The third-order valence-corrected chi connectivity index (χ3v) is 6.63. The quantitative estimate of drug-likeness (QED) is 0.696. The van der Waals surface area contributed by atoms with Crippen molar-refractivity contribution in [1.82, 2.24) is 0 Å². The molecule has 0 aliphatic heterocycles.